The van der Waals surface area contributed by atoms with Crippen molar-refractivity contribution < 1.29 is 4.79 Å². The molecule has 1 N–H and O–H groups in total. The Hall–Kier alpha value is -1.31. The largest absolute Gasteiger partial charge is 0.356 e. The molecule has 1 rings (SSSR count). The van der Waals surface area contributed by atoms with Crippen LogP contribution in [0.2, 0.25) is 0 Å². The number of benzene rings is 1. The molecular weight excluding hydrogens is 234 g/mol. The molecule has 0 aliphatic heterocycles. The fraction of sp³-hybridized carbons (Fsp3) is 0.588. The SMILES string of the molecule is CCCCC(CC)CNC(=O)CCc1ccccc1. The second-order valence-corrected chi connectivity index (χ2v) is 5.21. The van der Waals surface area contributed by atoms with Crippen LogP contribution in [-0.2, 0) is 11.2 Å². The van der Waals surface area contributed by atoms with Gasteiger partial charge >= 0.3 is 0 Å². The second kappa shape index (κ2) is 9.60. The molecule has 2 heteroatoms. The van der Waals surface area contributed by atoms with E-state index in [1.165, 1.54) is 24.8 Å². The van der Waals surface area contributed by atoms with Gasteiger partial charge in [0.2, 0.25) is 5.91 Å². The van der Waals surface area contributed by atoms with Crippen molar-refractivity contribution in [3.05, 3.63) is 35.9 Å². The van der Waals surface area contributed by atoms with Crippen LogP contribution in [0.3, 0.4) is 0 Å². The van der Waals surface area contributed by atoms with Crippen molar-refractivity contribution in [2.75, 3.05) is 6.54 Å². The summed E-state index contributed by atoms with van der Waals surface area (Å²) >= 11 is 0. The standard InChI is InChI=1S/C17H27NO/c1-3-5-9-15(4-2)14-18-17(19)13-12-16-10-7-6-8-11-16/h6-8,10-11,15H,3-5,9,12-14H2,1-2H3,(H,18,19). The third-order valence-electron chi connectivity index (χ3n) is 3.61. The number of hydrogen-bond acceptors (Lipinski definition) is 1. The molecule has 0 saturated heterocycles. The fourth-order valence-corrected chi connectivity index (χ4v) is 2.19. The first-order chi connectivity index (χ1) is 9.26. The summed E-state index contributed by atoms with van der Waals surface area (Å²) in [6, 6.07) is 10.2. The molecule has 1 amide bonds. The Bertz CT molecular complexity index is 348. The van der Waals surface area contributed by atoms with Crippen LogP contribution in [0.4, 0.5) is 0 Å². The summed E-state index contributed by atoms with van der Waals surface area (Å²) in [7, 11) is 0. The molecule has 0 fully saturated rings. The van der Waals surface area contributed by atoms with E-state index in [1.54, 1.807) is 0 Å². The Kier molecular flexibility index (Phi) is 7.95. The van der Waals surface area contributed by atoms with E-state index < -0.39 is 0 Å². The molecule has 0 saturated carbocycles. The maximum Gasteiger partial charge on any atom is 0.220 e. The number of carbonyl (C=O) groups excluding carboxylic acids is 1. The minimum absolute atomic E-state index is 0.179. The summed E-state index contributed by atoms with van der Waals surface area (Å²) in [6.07, 6.45) is 6.30. The van der Waals surface area contributed by atoms with Crippen molar-refractivity contribution in [1.29, 1.82) is 0 Å². The quantitative estimate of drug-likeness (QED) is 0.716. The van der Waals surface area contributed by atoms with Gasteiger partial charge in [-0.15, -0.1) is 0 Å². The lowest BCUT2D eigenvalue weighted by Crippen LogP contribution is -2.29. The number of amides is 1. The van der Waals surface area contributed by atoms with Crippen molar-refractivity contribution in [3.8, 4) is 0 Å². The maximum absolute atomic E-state index is 11.8. The van der Waals surface area contributed by atoms with Crippen LogP contribution in [-0.4, -0.2) is 12.5 Å². The highest BCUT2D eigenvalue weighted by molar-refractivity contribution is 5.76. The van der Waals surface area contributed by atoms with Crippen LogP contribution in [0, 0.1) is 5.92 Å². The molecule has 1 aromatic carbocycles. The molecule has 2 nitrogen and oxygen atoms in total. The molecular formula is C17H27NO. The Morgan fingerprint density at radius 1 is 1.21 bits per heavy atom. The third-order valence-corrected chi connectivity index (χ3v) is 3.61. The van der Waals surface area contributed by atoms with Crippen LogP contribution >= 0.6 is 0 Å². The van der Waals surface area contributed by atoms with Gasteiger partial charge in [0.15, 0.2) is 0 Å². The van der Waals surface area contributed by atoms with Gasteiger partial charge in [-0.1, -0.05) is 63.4 Å². The zero-order chi connectivity index (χ0) is 13.9. The van der Waals surface area contributed by atoms with Gasteiger partial charge in [0.05, 0.1) is 0 Å². The Labute approximate surface area is 117 Å². The predicted octanol–water partition coefficient (Wildman–Crippen LogP) is 3.95. The van der Waals surface area contributed by atoms with Gasteiger partial charge in [-0.2, -0.15) is 0 Å². The average Bonchev–Trinajstić information content (AvgIpc) is 2.46. The molecule has 0 aromatic heterocycles. The Morgan fingerprint density at radius 3 is 2.58 bits per heavy atom. The van der Waals surface area contributed by atoms with E-state index in [0.717, 1.165) is 19.4 Å². The summed E-state index contributed by atoms with van der Waals surface area (Å²) < 4.78 is 0. The van der Waals surface area contributed by atoms with Gasteiger partial charge in [0.25, 0.3) is 0 Å². The molecule has 0 bridgehead atoms. The average molecular weight is 261 g/mol. The normalized spacial score (nSPS) is 12.1. The third kappa shape index (κ3) is 7.00. The topological polar surface area (TPSA) is 29.1 Å². The number of unbranched alkanes of at least 4 members (excludes halogenated alkanes) is 1. The van der Waals surface area contributed by atoms with E-state index in [-0.39, 0.29) is 5.91 Å². The van der Waals surface area contributed by atoms with Crippen molar-refractivity contribution in [3.63, 3.8) is 0 Å². The number of nitrogens with one attached hydrogen (secondary N) is 1. The highest BCUT2D eigenvalue weighted by Crippen LogP contribution is 2.11. The number of hydrogen-bond donors (Lipinski definition) is 1. The van der Waals surface area contributed by atoms with Gasteiger partial charge in [-0.3, -0.25) is 4.79 Å². The molecule has 0 aliphatic rings. The second-order valence-electron chi connectivity index (χ2n) is 5.21. The van der Waals surface area contributed by atoms with Gasteiger partial charge in [0.1, 0.15) is 0 Å². The number of rotatable bonds is 9. The molecule has 1 atom stereocenters. The van der Waals surface area contributed by atoms with E-state index in [2.05, 4.69) is 31.3 Å². The van der Waals surface area contributed by atoms with Crippen LogP contribution in [0.15, 0.2) is 30.3 Å². The van der Waals surface area contributed by atoms with Crippen molar-refractivity contribution in [2.24, 2.45) is 5.92 Å². The minimum Gasteiger partial charge on any atom is -0.356 e. The predicted molar refractivity (Wildman–Crippen MR) is 81.1 cm³/mol. The van der Waals surface area contributed by atoms with Gasteiger partial charge in [-0.05, 0) is 24.3 Å². The molecule has 106 valence electrons. The van der Waals surface area contributed by atoms with Crippen LogP contribution in [0.5, 0.6) is 0 Å². The van der Waals surface area contributed by atoms with Gasteiger partial charge in [-0.25, -0.2) is 0 Å². The zero-order valence-electron chi connectivity index (χ0n) is 12.3. The Balaban J connectivity index is 2.20. The maximum atomic E-state index is 11.8. The molecule has 1 unspecified atom stereocenters. The molecule has 1 aromatic rings. The first-order valence-electron chi connectivity index (χ1n) is 7.56. The molecule has 0 heterocycles. The van der Waals surface area contributed by atoms with Crippen LogP contribution < -0.4 is 5.32 Å². The lowest BCUT2D eigenvalue weighted by Gasteiger charge is -2.15. The van der Waals surface area contributed by atoms with Gasteiger partial charge in [0, 0.05) is 13.0 Å². The van der Waals surface area contributed by atoms with Crippen LogP contribution in [0.25, 0.3) is 0 Å². The van der Waals surface area contributed by atoms with E-state index in [1.807, 2.05) is 18.2 Å². The molecule has 0 aliphatic carbocycles. The van der Waals surface area contributed by atoms with Gasteiger partial charge < -0.3 is 5.32 Å². The highest BCUT2D eigenvalue weighted by Gasteiger charge is 2.08. The van der Waals surface area contributed by atoms with E-state index in [4.69, 9.17) is 0 Å². The van der Waals surface area contributed by atoms with E-state index in [0.29, 0.717) is 12.3 Å². The van der Waals surface area contributed by atoms with Crippen molar-refractivity contribution in [1.82, 2.24) is 5.32 Å². The number of carbonyl (C=O) groups is 1. The van der Waals surface area contributed by atoms with Crippen molar-refractivity contribution >= 4 is 5.91 Å². The van der Waals surface area contributed by atoms with Crippen LogP contribution in [0.1, 0.15) is 51.5 Å². The lowest BCUT2D eigenvalue weighted by molar-refractivity contribution is -0.121. The summed E-state index contributed by atoms with van der Waals surface area (Å²) in [5.74, 6) is 0.819. The first kappa shape index (κ1) is 15.7. The monoisotopic (exact) mass is 261 g/mol. The fourth-order valence-electron chi connectivity index (χ4n) is 2.19. The number of aryl methyl sites for hydroxylation is 1. The van der Waals surface area contributed by atoms with Crippen molar-refractivity contribution in [2.45, 2.75) is 52.4 Å². The molecule has 0 radical (unpaired) electrons. The van der Waals surface area contributed by atoms with E-state index in [9.17, 15) is 4.79 Å². The first-order valence-corrected chi connectivity index (χ1v) is 7.56. The summed E-state index contributed by atoms with van der Waals surface area (Å²) in [5.41, 5.74) is 1.23. The van der Waals surface area contributed by atoms with E-state index >= 15 is 0 Å². The molecule has 19 heavy (non-hydrogen) atoms. The minimum atomic E-state index is 0.179. The summed E-state index contributed by atoms with van der Waals surface area (Å²) in [6.45, 7) is 5.26. The lowest BCUT2D eigenvalue weighted by atomic mass is 9.99. The zero-order valence-corrected chi connectivity index (χ0v) is 12.3. The molecule has 0 spiro atoms. The summed E-state index contributed by atoms with van der Waals surface area (Å²) in [5, 5.41) is 3.07. The highest BCUT2D eigenvalue weighted by atomic mass is 16.1. The summed E-state index contributed by atoms with van der Waals surface area (Å²) in [4.78, 5) is 11.8. The Morgan fingerprint density at radius 2 is 1.95 bits per heavy atom. The smallest absolute Gasteiger partial charge is 0.220 e.